The average molecular weight is 523 g/mol. The summed E-state index contributed by atoms with van der Waals surface area (Å²) in [7, 11) is 1.99. The molecular formula is C31H34N6O2. The van der Waals surface area contributed by atoms with Crippen LogP contribution < -0.4 is 19.7 Å². The van der Waals surface area contributed by atoms with Gasteiger partial charge in [-0.2, -0.15) is 0 Å². The Morgan fingerprint density at radius 2 is 1.95 bits per heavy atom. The molecule has 1 aliphatic rings. The van der Waals surface area contributed by atoms with Crippen molar-refractivity contribution in [1.29, 1.82) is 0 Å². The first-order chi connectivity index (χ1) is 19.0. The first kappa shape index (κ1) is 25.0. The summed E-state index contributed by atoms with van der Waals surface area (Å²) in [5, 5.41) is 4.44. The molecule has 0 fully saturated rings. The molecule has 1 aliphatic heterocycles. The largest absolute Gasteiger partial charge is 0.490 e. The van der Waals surface area contributed by atoms with E-state index < -0.39 is 0 Å². The molecule has 8 heteroatoms. The van der Waals surface area contributed by atoms with Crippen LogP contribution in [0.1, 0.15) is 32.3 Å². The Morgan fingerprint density at radius 3 is 2.79 bits per heavy atom. The Morgan fingerprint density at radius 1 is 1.05 bits per heavy atom. The molecule has 0 amide bonds. The fourth-order valence-electron chi connectivity index (χ4n) is 5.19. The van der Waals surface area contributed by atoms with Crippen LogP contribution in [-0.2, 0) is 7.05 Å². The third-order valence-electron chi connectivity index (χ3n) is 7.34. The lowest BCUT2D eigenvalue weighted by molar-refractivity contribution is 0.250. The van der Waals surface area contributed by atoms with Crippen LogP contribution in [0, 0.1) is 12.8 Å². The van der Waals surface area contributed by atoms with Crippen molar-refractivity contribution < 1.29 is 9.47 Å². The average Bonchev–Trinajstić information content (AvgIpc) is 3.30. The molecule has 2 aromatic heterocycles. The molecule has 5 aromatic rings. The molecule has 0 bridgehead atoms. The van der Waals surface area contributed by atoms with Crippen molar-refractivity contribution in [1.82, 2.24) is 19.5 Å². The summed E-state index contributed by atoms with van der Waals surface area (Å²) in [4.78, 5) is 16.1. The normalized spacial score (nSPS) is 15.5. The zero-order valence-electron chi connectivity index (χ0n) is 22.9. The lowest BCUT2D eigenvalue weighted by atomic mass is 10.1. The van der Waals surface area contributed by atoms with Crippen LogP contribution in [0.5, 0.6) is 17.2 Å². The maximum atomic E-state index is 6.46. The molecule has 1 atom stereocenters. The summed E-state index contributed by atoms with van der Waals surface area (Å²) >= 11 is 0. The third kappa shape index (κ3) is 4.94. The first-order valence-corrected chi connectivity index (χ1v) is 13.6. The number of aromatic nitrogens is 4. The number of imidazole rings is 1. The van der Waals surface area contributed by atoms with E-state index in [9.17, 15) is 0 Å². The van der Waals surface area contributed by atoms with Gasteiger partial charge in [0.05, 0.1) is 40.6 Å². The summed E-state index contributed by atoms with van der Waals surface area (Å²) in [6.45, 7) is 9.18. The highest BCUT2D eigenvalue weighted by Gasteiger charge is 2.22. The van der Waals surface area contributed by atoms with Crippen LogP contribution in [0.15, 0.2) is 61.2 Å². The second-order valence-corrected chi connectivity index (χ2v) is 10.4. The highest BCUT2D eigenvalue weighted by molar-refractivity contribution is 6.00. The second-order valence-electron chi connectivity index (χ2n) is 10.4. The van der Waals surface area contributed by atoms with Gasteiger partial charge in [0.2, 0.25) is 0 Å². The van der Waals surface area contributed by atoms with Crippen molar-refractivity contribution in [3.63, 3.8) is 0 Å². The predicted octanol–water partition coefficient (Wildman–Crippen LogP) is 7.00. The molecule has 3 heterocycles. The molecule has 8 nitrogen and oxygen atoms in total. The third-order valence-corrected chi connectivity index (χ3v) is 7.34. The van der Waals surface area contributed by atoms with Gasteiger partial charge in [0.1, 0.15) is 23.6 Å². The van der Waals surface area contributed by atoms with Crippen LogP contribution in [0.3, 0.4) is 0 Å². The molecule has 0 radical (unpaired) electrons. The number of ether oxygens (including phenoxy) is 2. The number of hydrogen-bond donors (Lipinski definition) is 1. The Balaban J connectivity index is 1.32. The molecular weight excluding hydrogens is 488 g/mol. The molecule has 0 saturated heterocycles. The predicted molar refractivity (Wildman–Crippen MR) is 157 cm³/mol. The van der Waals surface area contributed by atoms with E-state index in [1.165, 1.54) is 0 Å². The number of benzene rings is 3. The topological polar surface area (TPSA) is 77.3 Å². The van der Waals surface area contributed by atoms with Gasteiger partial charge >= 0.3 is 0 Å². The van der Waals surface area contributed by atoms with Gasteiger partial charge < -0.3 is 24.3 Å². The van der Waals surface area contributed by atoms with Gasteiger partial charge in [-0.1, -0.05) is 13.8 Å². The van der Waals surface area contributed by atoms with Crippen LogP contribution in [0.25, 0.3) is 21.9 Å². The van der Waals surface area contributed by atoms with Gasteiger partial charge in [-0.05, 0) is 73.7 Å². The highest BCUT2D eigenvalue weighted by atomic mass is 16.5. The molecule has 0 saturated carbocycles. The van der Waals surface area contributed by atoms with E-state index in [1.807, 2.05) is 55.2 Å². The van der Waals surface area contributed by atoms with Crippen molar-refractivity contribution in [2.24, 2.45) is 13.0 Å². The minimum Gasteiger partial charge on any atom is -0.490 e. The standard InChI is InChI=1S/C31H34N6O2/c1-5-13-37-14-12-20(2)17-38-30-27(37)10-8-24-29(30)31(33-18-32-24)35-22-6-11-28(21(3)15-22)39-23-7-9-26-25(16-23)34-19-36(26)4/h6-11,15-16,18-20H,5,12-14,17H2,1-4H3,(H,32,33,35). The van der Waals surface area contributed by atoms with Crippen LogP contribution in [-0.4, -0.2) is 39.2 Å². The Bertz CT molecular complexity index is 1650. The number of nitrogens with zero attached hydrogens (tertiary/aromatic N) is 5. The smallest absolute Gasteiger partial charge is 0.155 e. The number of nitrogens with one attached hydrogen (secondary N) is 1. The van der Waals surface area contributed by atoms with E-state index in [2.05, 4.69) is 57.2 Å². The van der Waals surface area contributed by atoms with Crippen molar-refractivity contribution in [2.45, 2.75) is 33.6 Å². The number of aryl methyl sites for hydroxylation is 2. The fraction of sp³-hybridized carbons (Fsp3) is 0.323. The van der Waals surface area contributed by atoms with Crippen molar-refractivity contribution >= 4 is 39.1 Å². The van der Waals surface area contributed by atoms with Crippen LogP contribution in [0.4, 0.5) is 17.2 Å². The summed E-state index contributed by atoms with van der Waals surface area (Å²) in [5.74, 6) is 3.62. The SMILES string of the molecule is CCCN1CCC(C)COc2c1ccc1ncnc(Nc3ccc(Oc4ccc5c(c4)ncn5C)c(C)c3)c21. The molecule has 200 valence electrons. The zero-order valence-corrected chi connectivity index (χ0v) is 22.9. The number of rotatable bonds is 6. The lowest BCUT2D eigenvalue weighted by Crippen LogP contribution is -2.30. The van der Waals surface area contributed by atoms with Gasteiger partial charge in [0.25, 0.3) is 0 Å². The van der Waals surface area contributed by atoms with Crippen molar-refractivity contribution in [3.8, 4) is 17.2 Å². The minimum absolute atomic E-state index is 0.474. The van der Waals surface area contributed by atoms with Gasteiger partial charge in [-0.15, -0.1) is 0 Å². The highest BCUT2D eigenvalue weighted by Crippen LogP contribution is 2.41. The van der Waals surface area contributed by atoms with Gasteiger partial charge in [0, 0.05) is 31.9 Å². The fourth-order valence-corrected chi connectivity index (χ4v) is 5.19. The molecule has 39 heavy (non-hydrogen) atoms. The summed E-state index contributed by atoms with van der Waals surface area (Å²) in [6, 6.07) is 16.2. The molecule has 0 spiro atoms. The minimum atomic E-state index is 0.474. The van der Waals surface area contributed by atoms with Crippen molar-refractivity contribution in [2.75, 3.05) is 29.9 Å². The van der Waals surface area contributed by atoms with E-state index in [0.29, 0.717) is 12.5 Å². The molecule has 0 aliphatic carbocycles. The Kier molecular flexibility index (Phi) is 6.69. The monoisotopic (exact) mass is 522 g/mol. The number of anilines is 3. The number of fused-ring (bicyclic) bond motifs is 4. The molecule has 1 N–H and O–H groups in total. The number of hydrogen-bond acceptors (Lipinski definition) is 7. The maximum Gasteiger partial charge on any atom is 0.155 e. The van der Waals surface area contributed by atoms with Crippen molar-refractivity contribution in [3.05, 3.63) is 66.7 Å². The maximum absolute atomic E-state index is 6.46. The van der Waals surface area contributed by atoms with Gasteiger partial charge in [-0.3, -0.25) is 0 Å². The first-order valence-electron chi connectivity index (χ1n) is 13.6. The Labute approximate surface area is 228 Å². The summed E-state index contributed by atoms with van der Waals surface area (Å²) in [5.41, 5.74) is 5.87. The van der Waals surface area contributed by atoms with E-state index >= 15 is 0 Å². The molecule has 6 rings (SSSR count). The van der Waals surface area contributed by atoms with Crippen LogP contribution in [0.2, 0.25) is 0 Å². The molecule has 3 aromatic carbocycles. The lowest BCUT2D eigenvalue weighted by Gasteiger charge is -2.31. The van der Waals surface area contributed by atoms with Crippen LogP contribution >= 0.6 is 0 Å². The summed E-state index contributed by atoms with van der Waals surface area (Å²) < 4.78 is 14.7. The van der Waals surface area contributed by atoms with Gasteiger partial charge in [0.15, 0.2) is 5.75 Å². The quantitative estimate of drug-likeness (QED) is 0.257. The molecule has 1 unspecified atom stereocenters. The summed E-state index contributed by atoms with van der Waals surface area (Å²) in [6.07, 6.45) is 5.60. The zero-order chi connectivity index (χ0) is 26.9. The second kappa shape index (κ2) is 10.4. The van der Waals surface area contributed by atoms with E-state index in [0.717, 1.165) is 87.9 Å². The van der Waals surface area contributed by atoms with E-state index in [4.69, 9.17) is 9.47 Å². The Hall–Kier alpha value is -4.33. The van der Waals surface area contributed by atoms with E-state index in [-0.39, 0.29) is 0 Å². The van der Waals surface area contributed by atoms with Gasteiger partial charge in [-0.25, -0.2) is 15.0 Å². The van der Waals surface area contributed by atoms with E-state index in [1.54, 1.807) is 6.33 Å².